The second-order valence-corrected chi connectivity index (χ2v) is 4.23. The highest BCUT2D eigenvalue weighted by atomic mass is 16.1. The number of rotatable bonds is 3. The van der Waals surface area contributed by atoms with E-state index in [1.807, 2.05) is 0 Å². The lowest BCUT2D eigenvalue weighted by Crippen LogP contribution is -2.33. The molecule has 3 heteroatoms. The molecule has 1 amide bonds. The van der Waals surface area contributed by atoms with Crippen LogP contribution in [0.15, 0.2) is 24.3 Å². The molecular weight excluding hydrogens is 188 g/mol. The number of benzene rings is 1. The van der Waals surface area contributed by atoms with Crippen LogP contribution in [0.5, 0.6) is 0 Å². The Kier molecular flexibility index (Phi) is 2.62. The molecule has 1 atom stereocenters. The Morgan fingerprint density at radius 1 is 1.53 bits per heavy atom. The number of nitrogen functional groups attached to an aromatic ring is 1. The molecule has 0 heterocycles. The van der Waals surface area contributed by atoms with Crippen molar-refractivity contribution in [3.63, 3.8) is 0 Å². The van der Waals surface area contributed by atoms with Crippen LogP contribution in [0.2, 0.25) is 0 Å². The van der Waals surface area contributed by atoms with Gasteiger partial charge in [0.05, 0.1) is 0 Å². The summed E-state index contributed by atoms with van der Waals surface area (Å²) in [7, 11) is 0. The van der Waals surface area contributed by atoms with Crippen LogP contribution in [-0.4, -0.2) is 11.9 Å². The maximum Gasteiger partial charge on any atom is 0.251 e. The second kappa shape index (κ2) is 3.93. The zero-order valence-electron chi connectivity index (χ0n) is 8.86. The minimum atomic E-state index is -0.0262. The predicted octanol–water partition coefficient (Wildman–Crippen LogP) is 1.80. The number of carbonyl (C=O) groups is 1. The van der Waals surface area contributed by atoms with Gasteiger partial charge in [0, 0.05) is 17.3 Å². The summed E-state index contributed by atoms with van der Waals surface area (Å²) in [6, 6.07) is 7.34. The molecule has 3 nitrogen and oxygen atoms in total. The van der Waals surface area contributed by atoms with Gasteiger partial charge in [0.15, 0.2) is 0 Å². The first kappa shape index (κ1) is 10.0. The molecule has 1 aliphatic rings. The van der Waals surface area contributed by atoms with E-state index in [2.05, 4.69) is 12.2 Å². The largest absolute Gasteiger partial charge is 0.399 e. The second-order valence-electron chi connectivity index (χ2n) is 4.23. The summed E-state index contributed by atoms with van der Waals surface area (Å²) in [6.07, 6.45) is 2.47. The van der Waals surface area contributed by atoms with Gasteiger partial charge in [-0.2, -0.15) is 0 Å². The van der Waals surface area contributed by atoms with Crippen LogP contribution < -0.4 is 11.1 Å². The molecule has 0 radical (unpaired) electrons. The summed E-state index contributed by atoms with van der Waals surface area (Å²) >= 11 is 0. The standard InChI is InChI=1S/C12H16N2O/c1-8(9-5-6-9)14-12(15)10-3-2-4-11(13)7-10/h2-4,7-9H,5-6,13H2,1H3,(H,14,15). The van der Waals surface area contributed by atoms with Crippen LogP contribution >= 0.6 is 0 Å². The summed E-state index contributed by atoms with van der Waals surface area (Å²) in [4.78, 5) is 11.8. The third-order valence-corrected chi connectivity index (χ3v) is 2.84. The first-order valence-corrected chi connectivity index (χ1v) is 5.33. The first-order chi connectivity index (χ1) is 7.16. The number of nitrogens with one attached hydrogen (secondary N) is 1. The average Bonchev–Trinajstić information content (AvgIpc) is 3.00. The van der Waals surface area contributed by atoms with Crippen molar-refractivity contribution in [1.29, 1.82) is 0 Å². The number of nitrogens with two attached hydrogens (primary N) is 1. The van der Waals surface area contributed by atoms with Crippen LogP contribution in [0, 0.1) is 5.92 Å². The van der Waals surface area contributed by atoms with E-state index in [0.717, 1.165) is 0 Å². The highest BCUT2D eigenvalue weighted by Crippen LogP contribution is 2.32. The molecule has 1 aromatic rings. The Hall–Kier alpha value is -1.51. The number of carbonyl (C=O) groups excluding carboxylic acids is 1. The van der Waals surface area contributed by atoms with Crippen LogP contribution in [0.3, 0.4) is 0 Å². The molecule has 1 aliphatic carbocycles. The van der Waals surface area contributed by atoms with E-state index in [1.54, 1.807) is 24.3 Å². The molecule has 0 bridgehead atoms. The van der Waals surface area contributed by atoms with Crippen molar-refractivity contribution in [2.24, 2.45) is 5.92 Å². The molecule has 0 saturated heterocycles. The van der Waals surface area contributed by atoms with E-state index in [0.29, 0.717) is 17.2 Å². The van der Waals surface area contributed by atoms with Gasteiger partial charge in [-0.05, 0) is 43.9 Å². The lowest BCUT2D eigenvalue weighted by atomic mass is 10.1. The Labute approximate surface area is 89.7 Å². The number of anilines is 1. The zero-order valence-corrected chi connectivity index (χ0v) is 8.86. The third-order valence-electron chi connectivity index (χ3n) is 2.84. The first-order valence-electron chi connectivity index (χ1n) is 5.33. The fourth-order valence-electron chi connectivity index (χ4n) is 1.68. The molecule has 0 spiro atoms. The molecule has 1 saturated carbocycles. The minimum Gasteiger partial charge on any atom is -0.399 e. The Morgan fingerprint density at radius 2 is 2.27 bits per heavy atom. The van der Waals surface area contributed by atoms with Gasteiger partial charge in [-0.15, -0.1) is 0 Å². The minimum absolute atomic E-state index is 0.0262. The summed E-state index contributed by atoms with van der Waals surface area (Å²) in [5.74, 6) is 0.650. The molecule has 3 N–H and O–H groups in total. The monoisotopic (exact) mass is 204 g/mol. The molecular formula is C12H16N2O. The van der Waals surface area contributed by atoms with Crippen molar-refractivity contribution in [3.8, 4) is 0 Å². The lowest BCUT2D eigenvalue weighted by molar-refractivity contribution is 0.0936. The Balaban J connectivity index is 2.00. The van der Waals surface area contributed by atoms with Crippen molar-refractivity contribution < 1.29 is 4.79 Å². The van der Waals surface area contributed by atoms with Gasteiger partial charge >= 0.3 is 0 Å². The zero-order chi connectivity index (χ0) is 10.8. The molecule has 15 heavy (non-hydrogen) atoms. The van der Waals surface area contributed by atoms with E-state index in [1.165, 1.54) is 12.8 Å². The van der Waals surface area contributed by atoms with Gasteiger partial charge in [-0.1, -0.05) is 6.07 Å². The molecule has 2 rings (SSSR count). The van der Waals surface area contributed by atoms with Crippen LogP contribution in [-0.2, 0) is 0 Å². The summed E-state index contributed by atoms with van der Waals surface area (Å²) in [5, 5.41) is 2.99. The predicted molar refractivity (Wildman–Crippen MR) is 60.5 cm³/mol. The van der Waals surface area contributed by atoms with E-state index >= 15 is 0 Å². The highest BCUT2D eigenvalue weighted by Gasteiger charge is 2.28. The van der Waals surface area contributed by atoms with Crippen molar-refractivity contribution in [1.82, 2.24) is 5.32 Å². The van der Waals surface area contributed by atoms with E-state index in [-0.39, 0.29) is 11.9 Å². The molecule has 0 aromatic heterocycles. The van der Waals surface area contributed by atoms with Gasteiger partial charge in [-0.25, -0.2) is 0 Å². The quantitative estimate of drug-likeness (QED) is 0.737. The molecule has 1 unspecified atom stereocenters. The smallest absolute Gasteiger partial charge is 0.251 e. The lowest BCUT2D eigenvalue weighted by Gasteiger charge is -2.12. The van der Waals surface area contributed by atoms with E-state index in [9.17, 15) is 4.79 Å². The van der Waals surface area contributed by atoms with Gasteiger partial charge in [-0.3, -0.25) is 4.79 Å². The van der Waals surface area contributed by atoms with Gasteiger partial charge < -0.3 is 11.1 Å². The van der Waals surface area contributed by atoms with Crippen LogP contribution in [0.4, 0.5) is 5.69 Å². The van der Waals surface area contributed by atoms with Gasteiger partial charge in [0.25, 0.3) is 5.91 Å². The van der Waals surface area contributed by atoms with Crippen LogP contribution in [0.1, 0.15) is 30.1 Å². The molecule has 0 aliphatic heterocycles. The average molecular weight is 204 g/mol. The van der Waals surface area contributed by atoms with E-state index < -0.39 is 0 Å². The van der Waals surface area contributed by atoms with Crippen molar-refractivity contribution in [2.45, 2.75) is 25.8 Å². The number of hydrogen-bond acceptors (Lipinski definition) is 2. The van der Waals surface area contributed by atoms with Gasteiger partial charge in [0.2, 0.25) is 0 Å². The van der Waals surface area contributed by atoms with E-state index in [4.69, 9.17) is 5.73 Å². The normalized spacial score (nSPS) is 17.1. The Bertz CT molecular complexity index is 372. The fraction of sp³-hybridized carbons (Fsp3) is 0.417. The maximum atomic E-state index is 11.8. The highest BCUT2D eigenvalue weighted by molar-refractivity contribution is 5.95. The summed E-state index contributed by atoms with van der Waals surface area (Å²) < 4.78 is 0. The fourth-order valence-corrected chi connectivity index (χ4v) is 1.68. The number of hydrogen-bond donors (Lipinski definition) is 2. The topological polar surface area (TPSA) is 55.1 Å². The summed E-state index contributed by atoms with van der Waals surface area (Å²) in [6.45, 7) is 2.06. The SMILES string of the molecule is CC(NC(=O)c1cccc(N)c1)C1CC1. The molecule has 1 aromatic carbocycles. The van der Waals surface area contributed by atoms with Crippen LogP contribution in [0.25, 0.3) is 0 Å². The van der Waals surface area contributed by atoms with Crippen molar-refractivity contribution in [2.75, 3.05) is 5.73 Å². The van der Waals surface area contributed by atoms with Gasteiger partial charge in [0.1, 0.15) is 0 Å². The molecule has 80 valence electrons. The molecule has 1 fully saturated rings. The third kappa shape index (κ3) is 2.49. The van der Waals surface area contributed by atoms with Crippen molar-refractivity contribution in [3.05, 3.63) is 29.8 Å². The Morgan fingerprint density at radius 3 is 2.87 bits per heavy atom. The maximum absolute atomic E-state index is 11.8. The summed E-state index contributed by atoms with van der Waals surface area (Å²) in [5.41, 5.74) is 6.89. The number of amides is 1. The van der Waals surface area contributed by atoms with Crippen molar-refractivity contribution >= 4 is 11.6 Å².